The van der Waals surface area contributed by atoms with Gasteiger partial charge in [0.05, 0.1) is 26.2 Å². The molecule has 8 fully saturated rings. The second-order valence-electron chi connectivity index (χ2n) is 32.3. The zero-order chi connectivity index (χ0) is 77.3. The Morgan fingerprint density at radius 3 is 1.81 bits per heavy atom. The van der Waals surface area contributed by atoms with E-state index in [1.165, 1.54) is 81.4 Å². The summed E-state index contributed by atoms with van der Waals surface area (Å²) in [7, 11) is 7.10. The number of ether oxygens (including phenoxy) is 1. The van der Waals surface area contributed by atoms with E-state index in [0.29, 0.717) is 50.9 Å². The van der Waals surface area contributed by atoms with Crippen LogP contribution in [0.5, 0.6) is 0 Å². The molecule has 3 N–H and O–H groups in total. The van der Waals surface area contributed by atoms with E-state index in [0.717, 1.165) is 30.6 Å². The summed E-state index contributed by atoms with van der Waals surface area (Å²) in [6.45, 7) is 12.7. The number of carbonyl (C=O) groups is 12. The number of fused-ring (bicyclic) bond motifs is 2. The number of halogens is 5. The van der Waals surface area contributed by atoms with E-state index in [-0.39, 0.29) is 116 Å². The number of alkyl halides is 5. The molecule has 4 heterocycles. The summed E-state index contributed by atoms with van der Waals surface area (Å²) in [5, 5.41) is 8.70. The number of nitrogens with zero attached hydrogens (tertiary/aromatic N) is 9. The van der Waals surface area contributed by atoms with Crippen molar-refractivity contribution in [3.05, 3.63) is 0 Å². The van der Waals surface area contributed by atoms with Crippen molar-refractivity contribution in [2.75, 3.05) is 87.7 Å². The minimum atomic E-state index is -5.16. The van der Waals surface area contributed by atoms with Crippen molar-refractivity contribution < 1.29 is 84.2 Å². The number of carbonyl (C=O) groups excluding carboxylic acids is 12. The largest absolute Gasteiger partial charge is 0.397 e. The van der Waals surface area contributed by atoms with Gasteiger partial charge in [-0.1, -0.05) is 92.4 Å². The predicted molar refractivity (Wildman–Crippen MR) is 379 cm³/mol. The third-order valence-corrected chi connectivity index (χ3v) is 24.7. The number of hydrogen-bond acceptors (Lipinski definition) is 13. The molecule has 0 aromatic heterocycles. The third kappa shape index (κ3) is 19.6. The van der Waals surface area contributed by atoms with Crippen LogP contribution in [0.15, 0.2) is 0 Å². The molecule has 4 aliphatic heterocycles. The van der Waals surface area contributed by atoms with Gasteiger partial charge in [-0.15, -0.1) is 0 Å². The van der Waals surface area contributed by atoms with E-state index < -0.39 is 199 Å². The number of hydrogen-bond donors (Lipinski definition) is 3. The highest BCUT2D eigenvalue weighted by Gasteiger charge is 2.56. The molecule has 25 nitrogen and oxygen atoms in total. The number of amides is 12. The van der Waals surface area contributed by atoms with Crippen LogP contribution in [0.3, 0.4) is 0 Å². The quantitative estimate of drug-likeness (QED) is 0.196. The summed E-state index contributed by atoms with van der Waals surface area (Å²) in [6, 6.07) is -11.4. The highest BCUT2D eigenvalue weighted by Crippen LogP contribution is 2.45. The van der Waals surface area contributed by atoms with Gasteiger partial charge in [0.2, 0.25) is 70.9 Å². The Balaban J connectivity index is 1.18. The standard InChI is InChI=1S/C75H119F5N12O13/c1-13-46(6)62-71(102)85(9)47(7)66(97)92-33-29-55(92)70(101)90(14-2)58(41-48-25-23-45(5)24-26-48)68(99)84(8)43-59(93)81-53(28-27-49-39-51(76)61(52(77)40-49)75(78,79)80)67(98)91-32-19-22-54(91)65(96)83-74(30-17-18-31-74)73(104)88(12)63(50-20-15-16-21-50)72(103)87(11)57(69(100)89-34-36-105-37-35-89)42-60(94)86(10)56(38-44(3)4)64(95)82-62/h44-58,61-63H,13-43H2,1-12H3,(H,81,93)(H,82,95)(H,83,96)/t45?,46-,47-,48?,49?,51?,52?,53-,54-,55-,56-,57-,58-,61?,62-,63-/m0/s1. The zero-order valence-electron chi connectivity index (χ0n) is 64.0. The van der Waals surface area contributed by atoms with Gasteiger partial charge < -0.3 is 64.8 Å². The van der Waals surface area contributed by atoms with Crippen molar-refractivity contribution in [2.45, 2.75) is 275 Å². The zero-order valence-corrected chi connectivity index (χ0v) is 64.0. The van der Waals surface area contributed by atoms with Crippen molar-refractivity contribution >= 4 is 70.9 Å². The molecule has 0 aromatic rings. The minimum Gasteiger partial charge on any atom is -0.378 e. The minimum absolute atomic E-state index is 0.00207. The van der Waals surface area contributed by atoms with Crippen LogP contribution in [0.25, 0.3) is 0 Å². The van der Waals surface area contributed by atoms with E-state index in [9.17, 15) is 27.6 Å². The van der Waals surface area contributed by atoms with Gasteiger partial charge in [0, 0.05) is 68.0 Å². The Hall–Kier alpha value is -6.75. The third-order valence-electron chi connectivity index (χ3n) is 24.7. The first-order valence-corrected chi connectivity index (χ1v) is 38.9. The Morgan fingerprint density at radius 2 is 1.24 bits per heavy atom. The average molecular weight is 1490 g/mol. The molecular formula is C75H119F5N12O13. The molecule has 1 spiro atoms. The van der Waals surface area contributed by atoms with Crippen LogP contribution in [0.4, 0.5) is 22.0 Å². The molecule has 0 radical (unpaired) electrons. The van der Waals surface area contributed by atoms with E-state index >= 15 is 51.9 Å². The molecule has 8 rings (SSSR count). The lowest BCUT2D eigenvalue weighted by molar-refractivity contribution is -0.219. The van der Waals surface area contributed by atoms with Gasteiger partial charge in [0.1, 0.15) is 78.2 Å². The van der Waals surface area contributed by atoms with E-state index in [1.54, 1.807) is 13.8 Å². The number of rotatable bonds is 12. The molecular weight excluding hydrogens is 1370 g/mol. The Kier molecular flexibility index (Phi) is 29.1. The second-order valence-corrected chi connectivity index (χ2v) is 32.3. The Morgan fingerprint density at radius 1 is 0.619 bits per heavy atom. The van der Waals surface area contributed by atoms with Crippen LogP contribution in [0, 0.1) is 41.4 Å². The van der Waals surface area contributed by atoms with Crippen molar-refractivity contribution in [3.63, 3.8) is 0 Å². The van der Waals surface area contributed by atoms with E-state index in [2.05, 4.69) is 22.9 Å². The SMILES string of the molecule is CC[C@H](C)[C@@H]1NC(=O)[C@H](CC(C)C)N(C)C(=O)C[C@@H](C(=O)N2CCOCC2)N(C)C(=O)[C@H](C2CCCC2)N(C)C(=O)C2(CCCC2)NC(=O)[C@@H]2CCCN2C(=O)[C@H](CCC2CC(F)C(C(F)(F)F)C(F)C2)NC(=O)CN(C)C(=O)[C@H](CC2CCC(C)CC2)N(CC)C(=O)[C@@H]2CCN2C(=O)[C@H](C)N(C)C1=O. The molecule has 4 saturated heterocycles. The van der Waals surface area contributed by atoms with Crippen LogP contribution in [-0.2, 0) is 62.3 Å². The fourth-order valence-corrected chi connectivity index (χ4v) is 17.7. The molecule has 12 amide bonds. The van der Waals surface area contributed by atoms with Gasteiger partial charge >= 0.3 is 6.18 Å². The maximum atomic E-state index is 15.7. The Bertz CT molecular complexity index is 3090. The summed E-state index contributed by atoms with van der Waals surface area (Å²) in [5.41, 5.74) is -1.62. The summed E-state index contributed by atoms with van der Waals surface area (Å²) in [5.74, 6) is -12.6. The maximum absolute atomic E-state index is 15.7. The van der Waals surface area contributed by atoms with Crippen molar-refractivity contribution in [2.24, 2.45) is 41.4 Å². The Labute approximate surface area is 616 Å². The van der Waals surface area contributed by atoms with Crippen LogP contribution >= 0.6 is 0 Å². The molecule has 12 atom stereocenters. The molecule has 105 heavy (non-hydrogen) atoms. The molecule has 0 bridgehead atoms. The summed E-state index contributed by atoms with van der Waals surface area (Å²) in [4.78, 5) is 194. The van der Waals surface area contributed by atoms with Crippen molar-refractivity contribution in [1.82, 2.24) is 60.0 Å². The molecule has 8 aliphatic rings. The fourth-order valence-electron chi connectivity index (χ4n) is 17.7. The van der Waals surface area contributed by atoms with Gasteiger partial charge in [0.25, 0.3) is 0 Å². The summed E-state index contributed by atoms with van der Waals surface area (Å²) in [6.07, 6.45) is -4.74. The van der Waals surface area contributed by atoms with Crippen molar-refractivity contribution in [3.8, 4) is 0 Å². The van der Waals surface area contributed by atoms with Crippen molar-refractivity contribution in [1.29, 1.82) is 0 Å². The lowest BCUT2D eigenvalue weighted by atomic mass is 9.76. The first-order chi connectivity index (χ1) is 49.5. The first kappa shape index (κ1) is 83.9. The van der Waals surface area contributed by atoms with Gasteiger partial charge in [-0.25, -0.2) is 8.78 Å². The lowest BCUT2D eigenvalue weighted by Crippen LogP contribution is -2.65. The van der Waals surface area contributed by atoms with Crippen LogP contribution in [0.2, 0.25) is 0 Å². The predicted octanol–water partition coefficient (Wildman–Crippen LogP) is 5.79. The number of nitrogens with one attached hydrogen (secondary N) is 3. The first-order valence-electron chi connectivity index (χ1n) is 38.9. The van der Waals surface area contributed by atoms with E-state index in [4.69, 9.17) is 4.74 Å². The molecule has 4 saturated carbocycles. The van der Waals surface area contributed by atoms with E-state index in [1.807, 2.05) is 20.8 Å². The highest BCUT2D eigenvalue weighted by molar-refractivity contribution is 6.01. The summed E-state index contributed by atoms with van der Waals surface area (Å²) >= 11 is 0. The lowest BCUT2D eigenvalue weighted by Gasteiger charge is -2.46. The van der Waals surface area contributed by atoms with Gasteiger partial charge in [-0.3, -0.25) is 57.5 Å². The molecule has 4 aliphatic carbocycles. The average Bonchev–Trinajstić information content (AvgIpc) is 1.75. The maximum Gasteiger partial charge on any atom is 0.397 e. The van der Waals surface area contributed by atoms with Gasteiger partial charge in [-0.2, -0.15) is 13.2 Å². The van der Waals surface area contributed by atoms with Crippen LogP contribution in [0.1, 0.15) is 196 Å². The summed E-state index contributed by atoms with van der Waals surface area (Å²) < 4.78 is 78.2. The highest BCUT2D eigenvalue weighted by atomic mass is 19.4. The molecule has 592 valence electrons. The van der Waals surface area contributed by atoms with Crippen LogP contribution in [-0.4, -0.2) is 281 Å². The van der Waals surface area contributed by atoms with Gasteiger partial charge in [0.15, 0.2) is 0 Å². The smallest absolute Gasteiger partial charge is 0.378 e. The van der Waals surface area contributed by atoms with Gasteiger partial charge in [-0.05, 0) is 133 Å². The number of likely N-dealkylation sites (N-methyl/N-ethyl adjacent to an activating group) is 6. The topological polar surface area (TPSA) is 279 Å². The normalized spacial score (nSPS) is 32.9. The molecule has 2 unspecified atom stereocenters. The molecule has 0 aromatic carbocycles. The number of morpholine rings is 1. The van der Waals surface area contributed by atoms with Crippen LogP contribution < -0.4 is 16.0 Å². The second kappa shape index (κ2) is 36.4. The molecule has 30 heteroatoms. The monoisotopic (exact) mass is 1490 g/mol. The fraction of sp³-hybridized carbons (Fsp3) is 0.840.